The summed E-state index contributed by atoms with van der Waals surface area (Å²) in [5, 5.41) is 10.9. The number of pyridine rings is 1. The van der Waals surface area contributed by atoms with Gasteiger partial charge in [-0.05, 0) is 70.7 Å². The number of ether oxygens (including phenoxy) is 2. The predicted molar refractivity (Wildman–Crippen MR) is 121 cm³/mol. The van der Waals surface area contributed by atoms with Gasteiger partial charge in [0.15, 0.2) is 17.7 Å². The van der Waals surface area contributed by atoms with E-state index in [1.807, 2.05) is 51.6 Å². The Kier molecular flexibility index (Phi) is 5.49. The molecule has 7 heteroatoms. The van der Waals surface area contributed by atoms with Gasteiger partial charge in [0.2, 0.25) is 0 Å². The van der Waals surface area contributed by atoms with Gasteiger partial charge in [-0.15, -0.1) is 0 Å². The lowest BCUT2D eigenvalue weighted by Gasteiger charge is -2.29. The summed E-state index contributed by atoms with van der Waals surface area (Å²) in [6.07, 6.45) is 2.14. The van der Waals surface area contributed by atoms with E-state index >= 15 is 4.39 Å². The summed E-state index contributed by atoms with van der Waals surface area (Å²) < 4.78 is 28.7. The minimum Gasteiger partial charge on any atom is -0.490 e. The molecule has 3 heterocycles. The molecule has 0 saturated heterocycles. The van der Waals surface area contributed by atoms with Crippen LogP contribution in [0.5, 0.6) is 5.75 Å². The molecule has 1 aliphatic rings. The van der Waals surface area contributed by atoms with Gasteiger partial charge in [-0.1, -0.05) is 0 Å². The number of fused-ring (bicyclic) bond motifs is 2. The molecule has 3 aromatic rings. The normalized spacial score (nSPS) is 14.8. The van der Waals surface area contributed by atoms with E-state index in [-0.39, 0.29) is 0 Å². The molecule has 4 rings (SSSR count). The van der Waals surface area contributed by atoms with Crippen molar-refractivity contribution in [2.45, 2.75) is 59.2 Å². The number of carbonyl (C=O) groups is 1. The van der Waals surface area contributed by atoms with Gasteiger partial charge in [-0.3, -0.25) is 0 Å². The van der Waals surface area contributed by atoms with Crippen LogP contribution < -0.4 is 4.74 Å². The molecule has 1 aliphatic heterocycles. The smallest absolute Gasteiger partial charge is 0.337 e. The van der Waals surface area contributed by atoms with E-state index in [1.165, 1.54) is 6.07 Å². The summed E-state index contributed by atoms with van der Waals surface area (Å²) in [5.41, 5.74) is 4.00. The molecule has 1 aromatic carbocycles. The van der Waals surface area contributed by atoms with Gasteiger partial charge >= 0.3 is 5.97 Å². The van der Waals surface area contributed by atoms with Crippen LogP contribution in [0.4, 0.5) is 4.39 Å². The predicted octanol–water partition coefficient (Wildman–Crippen LogP) is 5.26. The van der Waals surface area contributed by atoms with Gasteiger partial charge in [-0.2, -0.15) is 0 Å². The molecule has 0 saturated carbocycles. The molecule has 170 valence electrons. The third-order valence-electron chi connectivity index (χ3n) is 5.91. The molecule has 0 bridgehead atoms. The van der Waals surface area contributed by atoms with Crippen LogP contribution in [-0.4, -0.2) is 32.8 Å². The molecular weight excluding hydrogens is 411 g/mol. The van der Waals surface area contributed by atoms with E-state index in [9.17, 15) is 9.90 Å². The van der Waals surface area contributed by atoms with Gasteiger partial charge in [0, 0.05) is 41.0 Å². The number of rotatable bonds is 4. The number of carboxylic acid groups (broad SMARTS) is 1. The number of aromatic nitrogens is 2. The zero-order chi connectivity index (χ0) is 23.4. The van der Waals surface area contributed by atoms with Crippen molar-refractivity contribution in [1.82, 2.24) is 9.55 Å². The van der Waals surface area contributed by atoms with Gasteiger partial charge in [-0.25, -0.2) is 14.2 Å². The van der Waals surface area contributed by atoms with Crippen LogP contribution in [0.2, 0.25) is 0 Å². The molecule has 0 radical (unpaired) electrons. The number of hydrogen-bond acceptors (Lipinski definition) is 4. The molecule has 2 aromatic heterocycles. The number of halogens is 1. The zero-order valence-corrected chi connectivity index (χ0v) is 19.4. The Balaban J connectivity index is 2.10. The van der Waals surface area contributed by atoms with Crippen molar-refractivity contribution in [2.75, 3.05) is 6.61 Å². The fourth-order valence-electron chi connectivity index (χ4n) is 4.52. The van der Waals surface area contributed by atoms with Gasteiger partial charge in [0.25, 0.3) is 0 Å². The largest absolute Gasteiger partial charge is 0.490 e. The molecule has 0 aliphatic carbocycles. The highest BCUT2D eigenvalue weighted by Gasteiger charge is 2.34. The van der Waals surface area contributed by atoms with Crippen molar-refractivity contribution in [1.29, 1.82) is 0 Å². The number of aryl methyl sites for hydroxylation is 2. The average Bonchev–Trinajstić information content (AvgIpc) is 3.08. The third kappa shape index (κ3) is 3.75. The molecule has 0 fully saturated rings. The van der Waals surface area contributed by atoms with Crippen molar-refractivity contribution >= 4 is 17.0 Å². The van der Waals surface area contributed by atoms with Crippen molar-refractivity contribution in [3.63, 3.8) is 0 Å². The van der Waals surface area contributed by atoms with Crippen molar-refractivity contribution in [3.8, 4) is 16.9 Å². The molecule has 0 spiro atoms. The molecule has 0 amide bonds. The van der Waals surface area contributed by atoms with Gasteiger partial charge in [0.1, 0.15) is 5.65 Å². The van der Waals surface area contributed by atoms with E-state index in [4.69, 9.17) is 14.5 Å². The Morgan fingerprint density at radius 2 is 2.06 bits per heavy atom. The number of benzene rings is 1. The topological polar surface area (TPSA) is 73.6 Å². The maximum absolute atomic E-state index is 15.2. The summed E-state index contributed by atoms with van der Waals surface area (Å²) in [6, 6.07) is 3.35. The number of nitrogens with zero attached hydrogens (tertiary/aromatic N) is 2. The second-order valence-electron chi connectivity index (χ2n) is 9.39. The maximum atomic E-state index is 15.2. The summed E-state index contributed by atoms with van der Waals surface area (Å²) in [6.45, 7) is 9.65. The lowest BCUT2D eigenvalue weighted by atomic mass is 9.86. The molecule has 1 N–H and O–H groups in total. The summed E-state index contributed by atoms with van der Waals surface area (Å²) in [7, 11) is 1.88. The van der Waals surface area contributed by atoms with Crippen LogP contribution in [-0.2, 0) is 23.0 Å². The lowest BCUT2D eigenvalue weighted by molar-refractivity contribution is -0.160. The zero-order valence-electron chi connectivity index (χ0n) is 19.4. The van der Waals surface area contributed by atoms with Gasteiger partial charge in [0.05, 0.1) is 12.2 Å². The quantitative estimate of drug-likeness (QED) is 0.599. The van der Waals surface area contributed by atoms with Crippen molar-refractivity contribution in [3.05, 3.63) is 46.5 Å². The molecule has 32 heavy (non-hydrogen) atoms. The van der Waals surface area contributed by atoms with E-state index in [0.29, 0.717) is 46.8 Å². The molecule has 1 unspecified atom stereocenters. The molecule has 1 atom stereocenters. The highest BCUT2D eigenvalue weighted by Crippen LogP contribution is 2.44. The number of hydrogen-bond donors (Lipinski definition) is 1. The van der Waals surface area contributed by atoms with Crippen LogP contribution in [0.3, 0.4) is 0 Å². The number of carboxylic acids is 1. The third-order valence-corrected chi connectivity index (χ3v) is 5.91. The minimum absolute atomic E-state index is 0.301. The van der Waals surface area contributed by atoms with E-state index in [0.717, 1.165) is 22.9 Å². The Hall–Kier alpha value is -2.93. The lowest BCUT2D eigenvalue weighted by Crippen LogP contribution is -2.28. The van der Waals surface area contributed by atoms with Crippen LogP contribution in [0, 0.1) is 19.7 Å². The average molecular weight is 441 g/mol. The summed E-state index contributed by atoms with van der Waals surface area (Å²) >= 11 is 0. The van der Waals surface area contributed by atoms with E-state index < -0.39 is 23.5 Å². The fourth-order valence-corrected chi connectivity index (χ4v) is 4.52. The minimum atomic E-state index is -1.25. The molecule has 6 nitrogen and oxygen atoms in total. The summed E-state index contributed by atoms with van der Waals surface area (Å²) in [4.78, 5) is 17.1. The Bertz CT molecular complexity index is 1220. The van der Waals surface area contributed by atoms with Crippen LogP contribution in [0.1, 0.15) is 55.7 Å². The highest BCUT2D eigenvalue weighted by molar-refractivity contribution is 5.99. The van der Waals surface area contributed by atoms with Gasteiger partial charge < -0.3 is 19.1 Å². The first kappa shape index (κ1) is 22.3. The maximum Gasteiger partial charge on any atom is 0.337 e. The first-order chi connectivity index (χ1) is 15.0. The standard InChI is InChI=1S/C25H29FN2O4/c1-13-15-8-7-11-31-21(15)18(26)12-17(13)20-16-9-10-28(6)23(16)27-14(2)19(20)22(24(29)30)32-25(3,4)5/h9-10,12,22H,7-8,11H2,1-6H3,(H,29,30). The molecular formula is C25H29FN2O4. The fraction of sp³-hybridized carbons (Fsp3) is 0.440. The van der Waals surface area contributed by atoms with E-state index in [2.05, 4.69) is 0 Å². The number of aliphatic carboxylic acids is 1. The van der Waals surface area contributed by atoms with Crippen LogP contribution in [0.25, 0.3) is 22.2 Å². The van der Waals surface area contributed by atoms with Crippen LogP contribution in [0.15, 0.2) is 18.3 Å². The highest BCUT2D eigenvalue weighted by atomic mass is 19.1. The second-order valence-corrected chi connectivity index (χ2v) is 9.39. The first-order valence-corrected chi connectivity index (χ1v) is 10.8. The first-order valence-electron chi connectivity index (χ1n) is 10.8. The second kappa shape index (κ2) is 7.89. The Labute approximate surface area is 187 Å². The van der Waals surface area contributed by atoms with Crippen molar-refractivity contribution in [2.24, 2.45) is 7.05 Å². The monoisotopic (exact) mass is 440 g/mol. The van der Waals surface area contributed by atoms with Crippen LogP contribution >= 0.6 is 0 Å². The Morgan fingerprint density at radius 1 is 1.34 bits per heavy atom. The summed E-state index contributed by atoms with van der Waals surface area (Å²) in [5.74, 6) is -1.25. The van der Waals surface area contributed by atoms with Crippen molar-refractivity contribution < 1.29 is 23.8 Å². The van der Waals surface area contributed by atoms with E-state index in [1.54, 1.807) is 6.92 Å². The Morgan fingerprint density at radius 3 is 2.72 bits per heavy atom. The SMILES string of the molecule is Cc1nc2c(ccn2C)c(-c2cc(F)c3c(c2C)CCCO3)c1C(OC(C)(C)C)C(=O)O.